The molecule has 1 aliphatic rings. The second kappa shape index (κ2) is 10.1. The SMILES string of the molecule is Cc1c(C(=O)NCSCN2CCN(c3cccc(Cl)c3Cl)CC2)cc(C(C)(C)C)n1C. The Labute approximate surface area is 200 Å². The van der Waals surface area contributed by atoms with Crippen LogP contribution >= 0.6 is 35.0 Å². The van der Waals surface area contributed by atoms with Gasteiger partial charge in [-0.2, -0.15) is 0 Å². The zero-order valence-electron chi connectivity index (χ0n) is 19.0. The Morgan fingerprint density at radius 3 is 2.45 bits per heavy atom. The highest BCUT2D eigenvalue weighted by molar-refractivity contribution is 7.99. The van der Waals surface area contributed by atoms with Gasteiger partial charge in [0.15, 0.2) is 0 Å². The van der Waals surface area contributed by atoms with Crippen LogP contribution in [0.5, 0.6) is 0 Å². The summed E-state index contributed by atoms with van der Waals surface area (Å²) in [6.45, 7) is 12.2. The zero-order chi connectivity index (χ0) is 22.8. The summed E-state index contributed by atoms with van der Waals surface area (Å²) >= 11 is 14.2. The number of carbonyl (C=O) groups is 1. The summed E-state index contributed by atoms with van der Waals surface area (Å²) in [6.07, 6.45) is 0. The predicted octanol–water partition coefficient (Wildman–Crippen LogP) is 5.14. The topological polar surface area (TPSA) is 40.5 Å². The quantitative estimate of drug-likeness (QED) is 0.457. The molecule has 0 bridgehead atoms. The number of anilines is 1. The molecule has 0 atom stereocenters. The standard InChI is InChI=1S/C23H32Cl2N4OS/c1-16-17(13-20(27(16)5)23(2,3)4)22(30)26-14-31-15-28-9-11-29(12-10-28)19-8-6-7-18(24)21(19)25/h6-8,13H,9-12,14-15H2,1-5H3,(H,26,30). The Balaban J connectivity index is 1.44. The van der Waals surface area contributed by atoms with Crippen molar-refractivity contribution in [3.63, 3.8) is 0 Å². The van der Waals surface area contributed by atoms with E-state index in [-0.39, 0.29) is 11.3 Å². The molecule has 5 nitrogen and oxygen atoms in total. The number of hydrogen-bond donors (Lipinski definition) is 1. The molecule has 0 radical (unpaired) electrons. The van der Waals surface area contributed by atoms with Gasteiger partial charge in [-0.25, -0.2) is 0 Å². The third kappa shape index (κ3) is 5.72. The second-order valence-electron chi connectivity index (χ2n) is 9.00. The number of nitrogens with one attached hydrogen (secondary N) is 1. The summed E-state index contributed by atoms with van der Waals surface area (Å²) in [5.74, 6) is 1.48. The molecule has 2 heterocycles. The van der Waals surface area contributed by atoms with E-state index in [1.165, 1.54) is 5.69 Å². The Hall–Kier alpha value is -1.34. The summed E-state index contributed by atoms with van der Waals surface area (Å²) in [7, 11) is 2.03. The lowest BCUT2D eigenvalue weighted by Crippen LogP contribution is -2.46. The third-order valence-electron chi connectivity index (χ3n) is 5.80. The van der Waals surface area contributed by atoms with Crippen molar-refractivity contribution in [2.75, 3.05) is 42.8 Å². The molecule has 0 spiro atoms. The highest BCUT2D eigenvalue weighted by atomic mass is 35.5. The van der Waals surface area contributed by atoms with Gasteiger partial charge in [0.1, 0.15) is 0 Å². The molecule has 1 aliphatic heterocycles. The molecule has 1 saturated heterocycles. The first kappa shape index (κ1) is 24.3. The van der Waals surface area contributed by atoms with Crippen LogP contribution in [0.15, 0.2) is 24.3 Å². The molecule has 2 aromatic rings. The highest BCUT2D eigenvalue weighted by Gasteiger charge is 2.23. The molecular weight excluding hydrogens is 451 g/mol. The molecule has 1 fully saturated rings. The Morgan fingerprint density at radius 2 is 1.84 bits per heavy atom. The number of amides is 1. The van der Waals surface area contributed by atoms with Crippen LogP contribution in [0.25, 0.3) is 0 Å². The Kier molecular flexibility index (Phi) is 7.90. The molecule has 1 aromatic heterocycles. The molecule has 0 saturated carbocycles. The third-order valence-corrected chi connectivity index (χ3v) is 7.51. The molecule has 8 heteroatoms. The number of piperazine rings is 1. The summed E-state index contributed by atoms with van der Waals surface area (Å²) in [5.41, 5.74) is 3.94. The first-order valence-electron chi connectivity index (χ1n) is 10.5. The normalized spacial score (nSPS) is 15.4. The largest absolute Gasteiger partial charge is 0.368 e. The molecule has 1 amide bonds. The van der Waals surface area contributed by atoms with Crippen molar-refractivity contribution in [3.8, 4) is 0 Å². The summed E-state index contributed by atoms with van der Waals surface area (Å²) in [5, 5.41) is 4.28. The van der Waals surface area contributed by atoms with Crippen molar-refractivity contribution in [1.29, 1.82) is 0 Å². The fraction of sp³-hybridized carbons (Fsp3) is 0.522. The zero-order valence-corrected chi connectivity index (χ0v) is 21.3. The maximum atomic E-state index is 12.7. The number of thioether (sulfide) groups is 1. The fourth-order valence-electron chi connectivity index (χ4n) is 3.89. The van der Waals surface area contributed by atoms with Gasteiger partial charge in [0.25, 0.3) is 5.91 Å². The van der Waals surface area contributed by atoms with E-state index in [4.69, 9.17) is 23.2 Å². The number of benzene rings is 1. The van der Waals surface area contributed by atoms with Crippen LogP contribution in [0.4, 0.5) is 5.69 Å². The van der Waals surface area contributed by atoms with E-state index in [0.29, 0.717) is 15.9 Å². The predicted molar refractivity (Wildman–Crippen MR) is 134 cm³/mol. The van der Waals surface area contributed by atoms with E-state index in [0.717, 1.165) is 49.0 Å². The van der Waals surface area contributed by atoms with Crippen LogP contribution in [-0.4, -0.2) is 53.3 Å². The molecule has 1 N–H and O–H groups in total. The number of hydrogen-bond acceptors (Lipinski definition) is 4. The number of carbonyl (C=O) groups excluding carboxylic acids is 1. The lowest BCUT2D eigenvalue weighted by Gasteiger charge is -2.36. The molecule has 31 heavy (non-hydrogen) atoms. The lowest BCUT2D eigenvalue weighted by molar-refractivity contribution is 0.0960. The van der Waals surface area contributed by atoms with Gasteiger partial charge >= 0.3 is 0 Å². The van der Waals surface area contributed by atoms with Gasteiger partial charge in [-0.1, -0.05) is 50.0 Å². The highest BCUT2D eigenvalue weighted by Crippen LogP contribution is 2.33. The van der Waals surface area contributed by atoms with Gasteiger partial charge < -0.3 is 14.8 Å². The van der Waals surface area contributed by atoms with Gasteiger partial charge in [-0.3, -0.25) is 9.69 Å². The van der Waals surface area contributed by atoms with E-state index < -0.39 is 0 Å². The monoisotopic (exact) mass is 482 g/mol. The van der Waals surface area contributed by atoms with Gasteiger partial charge in [0, 0.05) is 55.9 Å². The van der Waals surface area contributed by atoms with Crippen molar-refractivity contribution in [1.82, 2.24) is 14.8 Å². The smallest absolute Gasteiger partial charge is 0.253 e. The molecule has 170 valence electrons. The molecule has 0 aliphatic carbocycles. The van der Waals surface area contributed by atoms with Gasteiger partial charge in [-0.05, 0) is 25.1 Å². The average Bonchev–Trinajstić information content (AvgIpc) is 3.03. The molecule has 0 unspecified atom stereocenters. The van der Waals surface area contributed by atoms with Crippen LogP contribution in [0.2, 0.25) is 10.0 Å². The van der Waals surface area contributed by atoms with Gasteiger partial charge in [0.2, 0.25) is 0 Å². The first-order valence-corrected chi connectivity index (χ1v) is 12.4. The van der Waals surface area contributed by atoms with E-state index in [2.05, 4.69) is 40.5 Å². The minimum Gasteiger partial charge on any atom is -0.368 e. The Bertz CT molecular complexity index is 930. The van der Waals surface area contributed by atoms with Crippen molar-refractivity contribution in [3.05, 3.63) is 51.3 Å². The Morgan fingerprint density at radius 1 is 1.16 bits per heavy atom. The average molecular weight is 484 g/mol. The second-order valence-corrected chi connectivity index (χ2v) is 10.7. The van der Waals surface area contributed by atoms with E-state index >= 15 is 0 Å². The van der Waals surface area contributed by atoms with E-state index in [1.807, 2.05) is 38.2 Å². The van der Waals surface area contributed by atoms with Crippen LogP contribution in [0, 0.1) is 6.92 Å². The minimum absolute atomic E-state index is 0.00322. The van der Waals surface area contributed by atoms with Crippen LogP contribution < -0.4 is 10.2 Å². The minimum atomic E-state index is -0.00322. The maximum absolute atomic E-state index is 12.7. The summed E-state index contributed by atoms with van der Waals surface area (Å²) < 4.78 is 2.12. The lowest BCUT2D eigenvalue weighted by atomic mass is 9.92. The van der Waals surface area contributed by atoms with Crippen molar-refractivity contribution < 1.29 is 4.79 Å². The van der Waals surface area contributed by atoms with Crippen LogP contribution in [0.1, 0.15) is 42.5 Å². The molecule has 3 rings (SSSR count). The van der Waals surface area contributed by atoms with Crippen LogP contribution in [0.3, 0.4) is 0 Å². The molecule has 1 aromatic carbocycles. The van der Waals surface area contributed by atoms with Crippen molar-refractivity contribution in [2.24, 2.45) is 7.05 Å². The fourth-order valence-corrected chi connectivity index (χ4v) is 5.15. The number of rotatable bonds is 6. The van der Waals surface area contributed by atoms with Gasteiger partial charge in [-0.15, -0.1) is 11.8 Å². The number of nitrogens with zero attached hydrogens (tertiary/aromatic N) is 3. The number of halogens is 2. The summed E-state index contributed by atoms with van der Waals surface area (Å²) in [6, 6.07) is 7.79. The van der Waals surface area contributed by atoms with E-state index in [1.54, 1.807) is 11.8 Å². The van der Waals surface area contributed by atoms with Gasteiger partial charge in [0.05, 0.1) is 27.2 Å². The molecular formula is C23H32Cl2N4OS. The maximum Gasteiger partial charge on any atom is 0.253 e. The van der Waals surface area contributed by atoms with Crippen LogP contribution in [-0.2, 0) is 12.5 Å². The first-order chi connectivity index (χ1) is 14.6. The summed E-state index contributed by atoms with van der Waals surface area (Å²) in [4.78, 5) is 17.4. The van der Waals surface area contributed by atoms with Crippen molar-refractivity contribution >= 4 is 46.6 Å². The number of aromatic nitrogens is 1. The van der Waals surface area contributed by atoms with Crippen molar-refractivity contribution in [2.45, 2.75) is 33.1 Å². The van der Waals surface area contributed by atoms with E-state index in [9.17, 15) is 4.79 Å².